The Balaban J connectivity index is 2.41. The van der Waals surface area contributed by atoms with Gasteiger partial charge in [-0.2, -0.15) is 0 Å². The third kappa shape index (κ3) is 3.91. The van der Waals surface area contributed by atoms with E-state index in [9.17, 15) is 14.4 Å². The summed E-state index contributed by atoms with van der Waals surface area (Å²) in [6.45, 7) is 0.159. The first-order valence-electron chi connectivity index (χ1n) is 4.98. The van der Waals surface area contributed by atoms with Crippen LogP contribution in [0.5, 0.6) is 0 Å². The summed E-state index contributed by atoms with van der Waals surface area (Å²) in [4.78, 5) is 34.3. The molecule has 8 nitrogen and oxygen atoms in total. The van der Waals surface area contributed by atoms with E-state index >= 15 is 0 Å². The number of ether oxygens (including phenoxy) is 2. The molecule has 2 N–H and O–H groups in total. The maximum Gasteiger partial charge on any atom is 0.334 e. The minimum Gasteiger partial charge on any atom is -0.479 e. The third-order valence-electron chi connectivity index (χ3n) is 2.24. The van der Waals surface area contributed by atoms with Crippen LogP contribution in [0.3, 0.4) is 0 Å². The van der Waals surface area contributed by atoms with Crippen LogP contribution in [-0.2, 0) is 19.1 Å². The molecule has 1 fully saturated rings. The molecule has 1 saturated heterocycles. The molecule has 17 heavy (non-hydrogen) atoms. The number of carbonyl (C=O) groups is 3. The summed E-state index contributed by atoms with van der Waals surface area (Å²) in [7, 11) is 1.21. The summed E-state index contributed by atoms with van der Waals surface area (Å²) in [5.74, 6) is -1.68. The van der Waals surface area contributed by atoms with Gasteiger partial charge in [-0.3, -0.25) is 4.79 Å². The van der Waals surface area contributed by atoms with Crippen LogP contribution < -0.4 is 5.32 Å². The van der Waals surface area contributed by atoms with Crippen molar-refractivity contribution in [3.8, 4) is 0 Å². The van der Waals surface area contributed by atoms with Crippen molar-refractivity contribution in [2.45, 2.75) is 6.10 Å². The van der Waals surface area contributed by atoms with Crippen molar-refractivity contribution in [2.75, 3.05) is 33.4 Å². The first-order valence-corrected chi connectivity index (χ1v) is 4.98. The fourth-order valence-corrected chi connectivity index (χ4v) is 1.31. The Morgan fingerprint density at radius 2 is 2.24 bits per heavy atom. The van der Waals surface area contributed by atoms with E-state index in [1.165, 1.54) is 12.0 Å². The predicted molar refractivity (Wildman–Crippen MR) is 54.4 cm³/mol. The van der Waals surface area contributed by atoms with Crippen LogP contribution in [0.1, 0.15) is 0 Å². The van der Waals surface area contributed by atoms with Crippen molar-refractivity contribution in [3.05, 3.63) is 0 Å². The lowest BCUT2D eigenvalue weighted by Gasteiger charge is -2.30. The lowest BCUT2D eigenvalue weighted by molar-refractivity contribution is -0.154. The molecule has 0 aromatic heterocycles. The van der Waals surface area contributed by atoms with E-state index in [4.69, 9.17) is 9.84 Å². The zero-order valence-electron chi connectivity index (χ0n) is 9.34. The Kier molecular flexibility index (Phi) is 4.70. The number of amides is 2. The van der Waals surface area contributed by atoms with Gasteiger partial charge in [0.1, 0.15) is 6.54 Å². The third-order valence-corrected chi connectivity index (χ3v) is 2.24. The van der Waals surface area contributed by atoms with Crippen LogP contribution in [0.4, 0.5) is 4.79 Å². The maximum absolute atomic E-state index is 11.5. The van der Waals surface area contributed by atoms with E-state index in [1.807, 2.05) is 0 Å². The second-order valence-corrected chi connectivity index (χ2v) is 3.38. The zero-order valence-corrected chi connectivity index (χ0v) is 9.34. The van der Waals surface area contributed by atoms with Crippen molar-refractivity contribution in [2.24, 2.45) is 0 Å². The van der Waals surface area contributed by atoms with Crippen molar-refractivity contribution >= 4 is 18.0 Å². The van der Waals surface area contributed by atoms with Crippen molar-refractivity contribution in [1.29, 1.82) is 0 Å². The smallest absolute Gasteiger partial charge is 0.334 e. The number of methoxy groups -OCH3 is 1. The summed E-state index contributed by atoms with van der Waals surface area (Å²) in [5, 5.41) is 11.1. The van der Waals surface area contributed by atoms with Crippen LogP contribution in [0.2, 0.25) is 0 Å². The minimum atomic E-state index is -1.12. The van der Waals surface area contributed by atoms with Crippen LogP contribution in [0, 0.1) is 0 Å². The van der Waals surface area contributed by atoms with Crippen LogP contribution in [0.25, 0.3) is 0 Å². The Hall–Kier alpha value is -1.83. The molecule has 1 rings (SSSR count). The first kappa shape index (κ1) is 13.2. The molecule has 1 aliphatic rings. The number of urea groups is 1. The van der Waals surface area contributed by atoms with Crippen LogP contribution in [0.15, 0.2) is 0 Å². The molecular formula is C9H14N2O6. The van der Waals surface area contributed by atoms with Crippen molar-refractivity contribution in [1.82, 2.24) is 10.2 Å². The number of rotatable bonds is 3. The standard InChI is InChI=1S/C9H14N2O6/c1-16-7(12)4-10-9(15)11-2-3-17-6(5-11)8(13)14/h6H,2-5H2,1H3,(H,10,15)(H,13,14). The number of aliphatic carboxylic acids is 1. The van der Waals surface area contributed by atoms with Gasteiger partial charge < -0.3 is 24.8 Å². The summed E-state index contributed by atoms with van der Waals surface area (Å²) in [6.07, 6.45) is -1.02. The normalized spacial score (nSPS) is 19.6. The molecule has 96 valence electrons. The Labute approximate surface area is 97.5 Å². The van der Waals surface area contributed by atoms with E-state index in [1.54, 1.807) is 0 Å². The number of hydrogen-bond acceptors (Lipinski definition) is 5. The van der Waals surface area contributed by atoms with Crippen LogP contribution in [-0.4, -0.2) is 67.4 Å². The van der Waals surface area contributed by atoms with E-state index in [0.717, 1.165) is 0 Å². The summed E-state index contributed by atoms with van der Waals surface area (Å²) in [5.41, 5.74) is 0. The number of morpholine rings is 1. The summed E-state index contributed by atoms with van der Waals surface area (Å²) in [6, 6.07) is -0.509. The number of carboxylic acid groups (broad SMARTS) is 1. The molecule has 0 aliphatic carbocycles. The van der Waals surface area contributed by atoms with Gasteiger partial charge >= 0.3 is 18.0 Å². The second kappa shape index (κ2) is 6.04. The van der Waals surface area contributed by atoms with Gasteiger partial charge in [-0.1, -0.05) is 0 Å². The Morgan fingerprint density at radius 1 is 1.53 bits per heavy atom. The van der Waals surface area contributed by atoms with Gasteiger partial charge in [0.05, 0.1) is 20.3 Å². The van der Waals surface area contributed by atoms with E-state index < -0.39 is 24.1 Å². The predicted octanol–water partition coefficient (Wildman–Crippen LogP) is -1.35. The Morgan fingerprint density at radius 3 is 2.82 bits per heavy atom. The van der Waals surface area contributed by atoms with E-state index in [-0.39, 0.29) is 26.2 Å². The zero-order chi connectivity index (χ0) is 12.8. The van der Waals surface area contributed by atoms with E-state index in [0.29, 0.717) is 0 Å². The monoisotopic (exact) mass is 246 g/mol. The highest BCUT2D eigenvalue weighted by atomic mass is 16.5. The number of nitrogens with one attached hydrogen (secondary N) is 1. The average molecular weight is 246 g/mol. The lowest BCUT2D eigenvalue weighted by atomic mass is 10.3. The molecule has 0 spiro atoms. The maximum atomic E-state index is 11.5. The minimum absolute atomic E-state index is 0.0393. The lowest BCUT2D eigenvalue weighted by Crippen LogP contribution is -2.52. The summed E-state index contributed by atoms with van der Waals surface area (Å²) < 4.78 is 9.31. The topological polar surface area (TPSA) is 105 Å². The Bertz CT molecular complexity index is 319. The molecule has 1 atom stereocenters. The van der Waals surface area contributed by atoms with Gasteiger partial charge in [0.15, 0.2) is 6.10 Å². The summed E-state index contributed by atoms with van der Waals surface area (Å²) >= 11 is 0. The first-order chi connectivity index (χ1) is 8.04. The number of carboxylic acids is 1. The number of esters is 1. The van der Waals surface area contributed by atoms with Gasteiger partial charge in [0.2, 0.25) is 0 Å². The number of nitrogens with zero attached hydrogens (tertiary/aromatic N) is 1. The van der Waals surface area contributed by atoms with Gasteiger partial charge in [0.25, 0.3) is 0 Å². The molecule has 0 saturated carbocycles. The number of carbonyl (C=O) groups excluding carboxylic acids is 2. The van der Waals surface area contributed by atoms with Crippen molar-refractivity contribution in [3.63, 3.8) is 0 Å². The van der Waals surface area contributed by atoms with Gasteiger partial charge in [-0.25, -0.2) is 9.59 Å². The van der Waals surface area contributed by atoms with E-state index in [2.05, 4.69) is 10.1 Å². The molecule has 2 amide bonds. The van der Waals surface area contributed by atoms with Crippen LogP contribution >= 0.6 is 0 Å². The average Bonchev–Trinajstić information content (AvgIpc) is 2.35. The largest absolute Gasteiger partial charge is 0.479 e. The van der Waals surface area contributed by atoms with Gasteiger partial charge in [-0.15, -0.1) is 0 Å². The molecule has 1 heterocycles. The van der Waals surface area contributed by atoms with Gasteiger partial charge in [-0.05, 0) is 0 Å². The molecule has 0 bridgehead atoms. The quantitative estimate of drug-likeness (QED) is 0.597. The molecule has 1 unspecified atom stereocenters. The SMILES string of the molecule is COC(=O)CNC(=O)N1CCOC(C(=O)O)C1. The molecular weight excluding hydrogens is 232 g/mol. The van der Waals surface area contributed by atoms with Gasteiger partial charge in [0, 0.05) is 6.54 Å². The highest BCUT2D eigenvalue weighted by molar-refractivity contribution is 5.81. The highest BCUT2D eigenvalue weighted by Crippen LogP contribution is 2.05. The second-order valence-electron chi connectivity index (χ2n) is 3.38. The number of hydrogen-bond donors (Lipinski definition) is 2. The molecule has 0 aromatic carbocycles. The van der Waals surface area contributed by atoms with Crippen molar-refractivity contribution < 1.29 is 29.0 Å². The fourth-order valence-electron chi connectivity index (χ4n) is 1.31. The fraction of sp³-hybridized carbons (Fsp3) is 0.667. The highest BCUT2D eigenvalue weighted by Gasteiger charge is 2.28. The molecule has 8 heteroatoms. The molecule has 0 aromatic rings. The molecule has 0 radical (unpaired) electrons. The molecule has 1 aliphatic heterocycles.